The predicted octanol–water partition coefficient (Wildman–Crippen LogP) is 3.39. The number of aryl methyl sites for hydroxylation is 3. The van der Waals surface area contributed by atoms with Crippen molar-refractivity contribution in [2.75, 3.05) is 11.1 Å². The highest BCUT2D eigenvalue weighted by molar-refractivity contribution is 7.15. The van der Waals surface area contributed by atoms with Gasteiger partial charge in [-0.3, -0.25) is 0 Å². The van der Waals surface area contributed by atoms with E-state index >= 15 is 0 Å². The minimum absolute atomic E-state index is 0.801. The molecular weight excluding hydrogens is 218 g/mol. The second-order valence-electron chi connectivity index (χ2n) is 3.86. The molecule has 2 aromatic rings. The van der Waals surface area contributed by atoms with Crippen LogP contribution in [-0.4, -0.2) is 4.98 Å². The van der Waals surface area contributed by atoms with Crippen molar-refractivity contribution in [3.05, 3.63) is 34.3 Å². The van der Waals surface area contributed by atoms with Crippen LogP contribution in [0, 0.1) is 20.8 Å². The monoisotopic (exact) mass is 233 g/mol. The average molecular weight is 233 g/mol. The van der Waals surface area contributed by atoms with Gasteiger partial charge in [0.1, 0.15) is 0 Å². The van der Waals surface area contributed by atoms with E-state index in [1.165, 1.54) is 4.88 Å². The quantitative estimate of drug-likeness (QED) is 0.782. The molecular formula is C12H15N3S. The van der Waals surface area contributed by atoms with E-state index in [9.17, 15) is 0 Å². The lowest BCUT2D eigenvalue weighted by Gasteiger charge is -2.05. The third-order valence-corrected chi connectivity index (χ3v) is 3.55. The number of aromatic nitrogens is 1. The molecule has 2 rings (SSSR count). The highest BCUT2D eigenvalue weighted by atomic mass is 32.1. The highest BCUT2D eigenvalue weighted by Crippen LogP contribution is 2.26. The summed E-state index contributed by atoms with van der Waals surface area (Å²) in [6.45, 7) is 6.08. The maximum atomic E-state index is 5.85. The van der Waals surface area contributed by atoms with Gasteiger partial charge in [-0.1, -0.05) is 6.07 Å². The van der Waals surface area contributed by atoms with Crippen molar-refractivity contribution in [1.82, 2.24) is 4.98 Å². The number of hydrogen-bond donors (Lipinski definition) is 2. The van der Waals surface area contributed by atoms with E-state index in [-0.39, 0.29) is 0 Å². The second kappa shape index (κ2) is 4.14. The molecule has 0 saturated carbocycles. The number of rotatable bonds is 2. The van der Waals surface area contributed by atoms with Crippen LogP contribution in [-0.2, 0) is 0 Å². The molecule has 0 aliphatic rings. The van der Waals surface area contributed by atoms with Gasteiger partial charge in [0.15, 0.2) is 5.13 Å². The van der Waals surface area contributed by atoms with E-state index < -0.39 is 0 Å². The first-order valence-corrected chi connectivity index (χ1v) is 5.95. The van der Waals surface area contributed by atoms with E-state index in [2.05, 4.69) is 17.2 Å². The molecule has 3 nitrogen and oxygen atoms in total. The van der Waals surface area contributed by atoms with Gasteiger partial charge in [-0.25, -0.2) is 4.98 Å². The number of anilines is 3. The highest BCUT2D eigenvalue weighted by Gasteiger charge is 2.04. The fourth-order valence-corrected chi connectivity index (χ4v) is 2.20. The van der Waals surface area contributed by atoms with E-state index in [1.54, 1.807) is 11.3 Å². The number of thiazole rings is 1. The largest absolute Gasteiger partial charge is 0.398 e. The van der Waals surface area contributed by atoms with Gasteiger partial charge in [-0.15, -0.1) is 11.3 Å². The maximum Gasteiger partial charge on any atom is 0.187 e. The summed E-state index contributed by atoms with van der Waals surface area (Å²) in [6.07, 6.45) is 0. The van der Waals surface area contributed by atoms with E-state index in [0.717, 1.165) is 27.8 Å². The molecule has 16 heavy (non-hydrogen) atoms. The first-order chi connectivity index (χ1) is 7.56. The number of nitrogens with two attached hydrogens (primary N) is 1. The minimum atomic E-state index is 0.801. The van der Waals surface area contributed by atoms with Crippen molar-refractivity contribution < 1.29 is 0 Å². The lowest BCUT2D eigenvalue weighted by molar-refractivity contribution is 1.23. The summed E-state index contributed by atoms with van der Waals surface area (Å²) in [5.74, 6) is 0. The van der Waals surface area contributed by atoms with Crippen molar-refractivity contribution in [2.24, 2.45) is 0 Å². The van der Waals surface area contributed by atoms with E-state index in [1.807, 2.05) is 32.0 Å². The van der Waals surface area contributed by atoms with Crippen LogP contribution in [0.5, 0.6) is 0 Å². The lowest BCUT2D eigenvalue weighted by atomic mass is 10.2. The molecule has 0 spiro atoms. The van der Waals surface area contributed by atoms with Crippen molar-refractivity contribution in [3.63, 3.8) is 0 Å². The number of nitrogens with one attached hydrogen (secondary N) is 1. The molecule has 0 saturated heterocycles. The summed E-state index contributed by atoms with van der Waals surface area (Å²) < 4.78 is 0. The molecule has 4 heteroatoms. The van der Waals surface area contributed by atoms with Gasteiger partial charge < -0.3 is 11.1 Å². The fraction of sp³-hybridized carbons (Fsp3) is 0.250. The van der Waals surface area contributed by atoms with Crippen molar-refractivity contribution >= 4 is 27.8 Å². The zero-order valence-electron chi connectivity index (χ0n) is 9.66. The Balaban J connectivity index is 2.23. The molecule has 0 fully saturated rings. The first-order valence-electron chi connectivity index (χ1n) is 5.13. The van der Waals surface area contributed by atoms with Crippen molar-refractivity contribution in [3.8, 4) is 0 Å². The summed E-state index contributed by atoms with van der Waals surface area (Å²) in [6, 6.07) is 5.95. The van der Waals surface area contributed by atoms with Gasteiger partial charge in [0, 0.05) is 16.3 Å². The van der Waals surface area contributed by atoms with Crippen LogP contribution in [0.4, 0.5) is 16.5 Å². The van der Waals surface area contributed by atoms with Gasteiger partial charge in [0.05, 0.1) is 5.69 Å². The van der Waals surface area contributed by atoms with Crippen LogP contribution in [0.1, 0.15) is 16.1 Å². The Hall–Kier alpha value is -1.55. The summed E-state index contributed by atoms with van der Waals surface area (Å²) in [5, 5.41) is 4.18. The number of nitrogen functional groups attached to an aromatic ring is 1. The topological polar surface area (TPSA) is 50.9 Å². The van der Waals surface area contributed by atoms with Crippen LogP contribution in [0.3, 0.4) is 0 Å². The molecule has 84 valence electrons. The normalized spacial score (nSPS) is 10.4. The molecule has 1 heterocycles. The average Bonchev–Trinajstić information content (AvgIpc) is 2.52. The molecule has 0 atom stereocenters. The van der Waals surface area contributed by atoms with Gasteiger partial charge in [0.2, 0.25) is 0 Å². The molecule has 0 radical (unpaired) electrons. The third-order valence-electron chi connectivity index (χ3n) is 2.56. The predicted molar refractivity (Wildman–Crippen MR) is 70.5 cm³/mol. The van der Waals surface area contributed by atoms with Crippen LogP contribution < -0.4 is 11.1 Å². The van der Waals surface area contributed by atoms with Gasteiger partial charge in [0.25, 0.3) is 0 Å². The molecule has 0 unspecified atom stereocenters. The Kier molecular flexibility index (Phi) is 2.83. The molecule has 0 aliphatic carbocycles. The molecule has 1 aromatic heterocycles. The zero-order valence-corrected chi connectivity index (χ0v) is 10.5. The Morgan fingerprint density at radius 2 is 2.00 bits per heavy atom. The Bertz CT molecular complexity index is 497. The SMILES string of the molecule is Cc1ccc(Nc2nc(C)c(C)s2)cc1N. The Morgan fingerprint density at radius 3 is 2.56 bits per heavy atom. The van der Waals surface area contributed by atoms with Crippen molar-refractivity contribution in [2.45, 2.75) is 20.8 Å². The van der Waals surface area contributed by atoms with Crippen LogP contribution >= 0.6 is 11.3 Å². The minimum Gasteiger partial charge on any atom is -0.398 e. The molecule has 1 aromatic carbocycles. The third kappa shape index (κ3) is 2.17. The van der Waals surface area contributed by atoms with Crippen LogP contribution in [0.2, 0.25) is 0 Å². The van der Waals surface area contributed by atoms with Crippen molar-refractivity contribution in [1.29, 1.82) is 0 Å². The van der Waals surface area contributed by atoms with Gasteiger partial charge >= 0.3 is 0 Å². The fourth-order valence-electron chi connectivity index (χ4n) is 1.37. The second-order valence-corrected chi connectivity index (χ2v) is 5.06. The van der Waals surface area contributed by atoms with Gasteiger partial charge in [-0.2, -0.15) is 0 Å². The summed E-state index contributed by atoms with van der Waals surface area (Å²) in [5.41, 5.74) is 9.81. The Labute approximate surface area is 99.3 Å². The lowest BCUT2D eigenvalue weighted by Crippen LogP contribution is -1.93. The summed E-state index contributed by atoms with van der Waals surface area (Å²) >= 11 is 1.66. The van der Waals surface area contributed by atoms with Crippen LogP contribution in [0.15, 0.2) is 18.2 Å². The molecule has 0 bridgehead atoms. The number of benzene rings is 1. The standard InChI is InChI=1S/C12H15N3S/c1-7-4-5-10(6-11(7)13)15-12-14-8(2)9(3)16-12/h4-6H,13H2,1-3H3,(H,14,15). The Morgan fingerprint density at radius 1 is 1.25 bits per heavy atom. The van der Waals surface area contributed by atoms with Gasteiger partial charge in [-0.05, 0) is 38.5 Å². The summed E-state index contributed by atoms with van der Waals surface area (Å²) in [7, 11) is 0. The molecule has 3 N–H and O–H groups in total. The number of hydrogen-bond acceptors (Lipinski definition) is 4. The van der Waals surface area contributed by atoms with E-state index in [0.29, 0.717) is 0 Å². The van der Waals surface area contributed by atoms with E-state index in [4.69, 9.17) is 5.73 Å². The zero-order chi connectivity index (χ0) is 11.7. The maximum absolute atomic E-state index is 5.85. The smallest absolute Gasteiger partial charge is 0.187 e. The van der Waals surface area contributed by atoms with Crippen LogP contribution in [0.25, 0.3) is 0 Å². The molecule has 0 amide bonds. The summed E-state index contributed by atoms with van der Waals surface area (Å²) in [4.78, 5) is 5.66. The number of nitrogens with zero attached hydrogens (tertiary/aromatic N) is 1. The first kappa shape index (κ1) is 11.0. The molecule has 0 aliphatic heterocycles.